The fourth-order valence-electron chi connectivity index (χ4n) is 6.50. The highest BCUT2D eigenvalue weighted by molar-refractivity contribution is 7.08. The number of fused-ring (bicyclic) bond motifs is 1. The molecule has 220 valence electrons. The van der Waals surface area contributed by atoms with Gasteiger partial charge in [-0.2, -0.15) is 11.3 Å². The number of aryl methyl sites for hydroxylation is 1. The standard InChI is InChI=1S/C34H40N4O3S/c1-23(33(39)37-14-6-15-38(17-16-37)34(40)24-7-4-8-24)28-11-10-25-19-31(41-3)29(26-9-5-13-35-21-26)20-30(25)32(28)36(2)27-12-18-42-22-27/h9,12,18-22,24H,1,4-8,10-11,13-17H2,2-3H3. The van der Waals surface area contributed by atoms with Crippen LogP contribution in [0.2, 0.25) is 0 Å². The molecule has 3 heterocycles. The van der Waals surface area contributed by atoms with Crippen molar-refractivity contribution in [3.63, 3.8) is 0 Å². The Balaban J connectivity index is 1.34. The third-order valence-corrected chi connectivity index (χ3v) is 9.85. The number of nitrogens with zero attached hydrogens (tertiary/aromatic N) is 4. The van der Waals surface area contributed by atoms with Gasteiger partial charge < -0.3 is 19.4 Å². The van der Waals surface area contributed by atoms with Crippen LogP contribution in [0.4, 0.5) is 5.69 Å². The van der Waals surface area contributed by atoms with Gasteiger partial charge in [-0.15, -0.1) is 0 Å². The molecule has 6 rings (SSSR count). The van der Waals surface area contributed by atoms with Gasteiger partial charge in [0.1, 0.15) is 5.75 Å². The van der Waals surface area contributed by atoms with Gasteiger partial charge in [-0.25, -0.2) is 0 Å². The number of carbonyl (C=O) groups is 2. The number of amides is 2. The van der Waals surface area contributed by atoms with E-state index in [4.69, 9.17) is 4.74 Å². The first-order valence-corrected chi connectivity index (χ1v) is 16.1. The molecule has 4 aliphatic rings. The van der Waals surface area contributed by atoms with Gasteiger partial charge in [0.25, 0.3) is 5.91 Å². The highest BCUT2D eigenvalue weighted by atomic mass is 32.1. The molecule has 0 bridgehead atoms. The summed E-state index contributed by atoms with van der Waals surface area (Å²) < 4.78 is 5.85. The van der Waals surface area contributed by atoms with Crippen LogP contribution in [0, 0.1) is 5.92 Å². The van der Waals surface area contributed by atoms with E-state index in [9.17, 15) is 9.59 Å². The zero-order valence-electron chi connectivity index (χ0n) is 24.7. The molecule has 1 aromatic heterocycles. The molecule has 8 heteroatoms. The number of aliphatic imine (C=N–C) groups is 1. The second kappa shape index (κ2) is 12.3. The summed E-state index contributed by atoms with van der Waals surface area (Å²) >= 11 is 1.66. The largest absolute Gasteiger partial charge is 0.496 e. The van der Waals surface area contributed by atoms with Crippen LogP contribution in [0.15, 0.2) is 57.8 Å². The van der Waals surface area contributed by atoms with Crippen LogP contribution in [0.5, 0.6) is 5.75 Å². The lowest BCUT2D eigenvalue weighted by atomic mass is 9.83. The number of anilines is 1. The SMILES string of the molecule is C=C(C(=O)N1CCCN(C(=O)C2CCC2)CC1)C1=C(N(C)c2ccsc2)c2cc(C3=CCCN=C3)c(OC)cc2CC1. The maximum Gasteiger partial charge on any atom is 0.253 e. The maximum atomic E-state index is 14.0. The summed E-state index contributed by atoms with van der Waals surface area (Å²) in [5, 5.41) is 4.21. The molecule has 7 nitrogen and oxygen atoms in total. The maximum absolute atomic E-state index is 14.0. The molecule has 2 aromatic rings. The number of carbonyl (C=O) groups excluding carboxylic acids is 2. The molecule has 42 heavy (non-hydrogen) atoms. The van der Waals surface area contributed by atoms with Gasteiger partial charge in [-0.05, 0) is 78.8 Å². The highest BCUT2D eigenvalue weighted by Gasteiger charge is 2.33. The van der Waals surface area contributed by atoms with E-state index in [-0.39, 0.29) is 17.7 Å². The van der Waals surface area contributed by atoms with Gasteiger partial charge in [0.05, 0.1) is 18.5 Å². The van der Waals surface area contributed by atoms with Crippen molar-refractivity contribution in [1.29, 1.82) is 0 Å². The minimum Gasteiger partial charge on any atom is -0.496 e. The quantitative estimate of drug-likeness (QED) is 0.385. The molecule has 0 N–H and O–H groups in total. The van der Waals surface area contributed by atoms with Crippen molar-refractivity contribution in [2.45, 2.75) is 44.9 Å². The minimum absolute atomic E-state index is 0.0292. The van der Waals surface area contributed by atoms with Gasteiger partial charge in [0, 0.05) is 74.0 Å². The summed E-state index contributed by atoms with van der Waals surface area (Å²) in [5.41, 5.74) is 8.00. The number of ether oxygens (including phenoxy) is 1. The summed E-state index contributed by atoms with van der Waals surface area (Å²) in [6, 6.07) is 6.47. The van der Waals surface area contributed by atoms with Crippen molar-refractivity contribution in [3.05, 3.63) is 69.5 Å². The molecular weight excluding hydrogens is 544 g/mol. The molecule has 2 fully saturated rings. The van der Waals surface area contributed by atoms with Crippen molar-refractivity contribution in [2.75, 3.05) is 51.8 Å². The van der Waals surface area contributed by atoms with E-state index in [1.807, 2.05) is 16.0 Å². The third-order valence-electron chi connectivity index (χ3n) is 9.17. The average Bonchev–Trinajstić information content (AvgIpc) is 3.43. The van der Waals surface area contributed by atoms with E-state index in [1.54, 1.807) is 18.4 Å². The summed E-state index contributed by atoms with van der Waals surface area (Å²) in [6.45, 7) is 7.71. The second-order valence-electron chi connectivity index (χ2n) is 11.6. The zero-order chi connectivity index (χ0) is 29.2. The number of hydrogen-bond acceptors (Lipinski definition) is 6. The van der Waals surface area contributed by atoms with Gasteiger partial charge in [-0.3, -0.25) is 14.6 Å². The Morgan fingerprint density at radius 1 is 1.07 bits per heavy atom. The van der Waals surface area contributed by atoms with Crippen molar-refractivity contribution in [3.8, 4) is 5.75 Å². The molecule has 2 aliphatic heterocycles. The smallest absolute Gasteiger partial charge is 0.253 e. The lowest BCUT2D eigenvalue weighted by molar-refractivity contribution is -0.138. The Bertz CT molecular complexity index is 1470. The summed E-state index contributed by atoms with van der Waals surface area (Å²) in [6.07, 6.45) is 10.5. The topological polar surface area (TPSA) is 65.5 Å². The Labute approximate surface area is 252 Å². The van der Waals surface area contributed by atoms with Gasteiger partial charge in [0.2, 0.25) is 5.91 Å². The Morgan fingerprint density at radius 3 is 2.57 bits per heavy atom. The predicted octanol–water partition coefficient (Wildman–Crippen LogP) is 5.83. The highest BCUT2D eigenvalue weighted by Crippen LogP contribution is 2.43. The molecule has 0 unspecified atom stereocenters. The Morgan fingerprint density at radius 2 is 1.88 bits per heavy atom. The number of benzene rings is 1. The van der Waals surface area contributed by atoms with Crippen LogP contribution in [-0.2, 0) is 16.0 Å². The van der Waals surface area contributed by atoms with E-state index >= 15 is 0 Å². The molecular formula is C34H40N4O3S. The normalized spacial score (nSPS) is 19.0. The molecule has 1 saturated carbocycles. The van der Waals surface area contributed by atoms with Crippen molar-refractivity contribution < 1.29 is 14.3 Å². The number of hydrogen-bond donors (Lipinski definition) is 0. The summed E-state index contributed by atoms with van der Waals surface area (Å²) in [4.78, 5) is 37.5. The zero-order valence-corrected chi connectivity index (χ0v) is 25.5. The number of allylic oxidation sites excluding steroid dienone is 1. The first-order chi connectivity index (χ1) is 20.5. The van der Waals surface area contributed by atoms with Crippen molar-refractivity contribution in [1.82, 2.24) is 9.80 Å². The first kappa shape index (κ1) is 28.5. The second-order valence-corrected chi connectivity index (χ2v) is 12.4. The fraction of sp³-hybridized carbons (Fsp3) is 0.441. The molecule has 2 aliphatic carbocycles. The van der Waals surface area contributed by atoms with E-state index in [0.29, 0.717) is 31.6 Å². The van der Waals surface area contributed by atoms with E-state index in [0.717, 1.165) is 91.0 Å². The minimum atomic E-state index is -0.0292. The predicted molar refractivity (Wildman–Crippen MR) is 171 cm³/mol. The van der Waals surface area contributed by atoms with E-state index < -0.39 is 0 Å². The van der Waals surface area contributed by atoms with Crippen LogP contribution in [0.25, 0.3) is 11.3 Å². The lowest BCUT2D eigenvalue weighted by Crippen LogP contribution is -2.42. The monoisotopic (exact) mass is 584 g/mol. The van der Waals surface area contributed by atoms with Crippen molar-refractivity contribution >= 4 is 46.3 Å². The van der Waals surface area contributed by atoms with Crippen LogP contribution >= 0.6 is 11.3 Å². The molecule has 1 aromatic carbocycles. The average molecular weight is 585 g/mol. The van der Waals surface area contributed by atoms with E-state index in [2.05, 4.69) is 58.6 Å². The number of methoxy groups -OCH3 is 1. The summed E-state index contributed by atoms with van der Waals surface area (Å²) in [5.74, 6) is 1.27. The summed E-state index contributed by atoms with van der Waals surface area (Å²) in [7, 11) is 3.79. The number of thiophene rings is 1. The van der Waals surface area contributed by atoms with Gasteiger partial charge in [0.15, 0.2) is 0 Å². The van der Waals surface area contributed by atoms with E-state index in [1.165, 1.54) is 5.56 Å². The Hall–Kier alpha value is -3.65. The van der Waals surface area contributed by atoms with Crippen molar-refractivity contribution in [2.24, 2.45) is 10.9 Å². The first-order valence-electron chi connectivity index (χ1n) is 15.1. The molecule has 0 spiro atoms. The molecule has 1 saturated heterocycles. The van der Waals surface area contributed by atoms with Gasteiger partial charge in [-0.1, -0.05) is 19.1 Å². The molecule has 0 radical (unpaired) electrons. The third kappa shape index (κ3) is 5.44. The van der Waals surface area contributed by atoms with Crippen LogP contribution < -0.4 is 9.64 Å². The molecule has 2 amide bonds. The number of rotatable bonds is 7. The lowest BCUT2D eigenvalue weighted by Gasteiger charge is -2.33. The van der Waals surface area contributed by atoms with Gasteiger partial charge >= 0.3 is 0 Å². The van der Waals surface area contributed by atoms with Crippen LogP contribution in [0.1, 0.15) is 55.2 Å². The fourth-order valence-corrected chi connectivity index (χ4v) is 7.18. The van der Waals surface area contributed by atoms with Crippen LogP contribution in [-0.4, -0.2) is 74.7 Å². The Kier molecular flexibility index (Phi) is 8.34. The molecule has 0 atom stereocenters. The number of dihydropyridines is 1. The van der Waals surface area contributed by atoms with Crippen LogP contribution in [0.3, 0.4) is 0 Å².